The number of hydrogen-bond acceptors (Lipinski definition) is 3. The molecular formula is C12H16N4O2. The van der Waals surface area contributed by atoms with E-state index in [1.54, 1.807) is 7.11 Å². The van der Waals surface area contributed by atoms with Gasteiger partial charge in [0.2, 0.25) is 0 Å². The summed E-state index contributed by atoms with van der Waals surface area (Å²) in [6, 6.07) is 5.36. The summed E-state index contributed by atoms with van der Waals surface area (Å²) in [5, 5.41) is 0. The molecule has 0 saturated carbocycles. The number of ether oxygens (including phenoxy) is 1. The minimum absolute atomic E-state index is 0.207. The third-order valence-corrected chi connectivity index (χ3v) is 3.07. The molecule has 6 nitrogen and oxygen atoms in total. The Balaban J connectivity index is 2.27. The first-order chi connectivity index (χ1) is 8.52. The summed E-state index contributed by atoms with van der Waals surface area (Å²) in [5.74, 6) is 0.242. The normalized spacial score (nSPS) is 17.2. The Kier molecular flexibility index (Phi) is 3.10. The van der Waals surface area contributed by atoms with E-state index in [0.29, 0.717) is 6.42 Å². The summed E-state index contributed by atoms with van der Waals surface area (Å²) in [7, 11) is 3.46. The SMILES string of the molecule is COc1ccc2c(c1)CC(C(=O)N=C(N)N)N2C. The summed E-state index contributed by atoms with van der Waals surface area (Å²) in [4.78, 5) is 17.3. The van der Waals surface area contributed by atoms with Gasteiger partial charge in [-0.1, -0.05) is 0 Å². The van der Waals surface area contributed by atoms with Crippen molar-refractivity contribution >= 4 is 17.6 Å². The number of nitrogens with two attached hydrogens (primary N) is 2. The summed E-state index contributed by atoms with van der Waals surface area (Å²) in [6.45, 7) is 0. The molecule has 1 atom stereocenters. The van der Waals surface area contributed by atoms with Crippen LogP contribution in [0, 0.1) is 0 Å². The van der Waals surface area contributed by atoms with E-state index in [-0.39, 0.29) is 17.9 Å². The van der Waals surface area contributed by atoms with Crippen LogP contribution in [0.3, 0.4) is 0 Å². The van der Waals surface area contributed by atoms with Crippen molar-refractivity contribution in [3.8, 4) is 5.75 Å². The third kappa shape index (κ3) is 2.09. The molecule has 2 rings (SSSR count). The maximum Gasteiger partial charge on any atom is 0.271 e. The maximum atomic E-state index is 11.9. The molecule has 1 aromatic rings. The molecule has 96 valence electrons. The lowest BCUT2D eigenvalue weighted by atomic mass is 10.1. The van der Waals surface area contributed by atoms with Gasteiger partial charge in [-0.25, -0.2) is 0 Å². The van der Waals surface area contributed by atoms with Crippen molar-refractivity contribution < 1.29 is 9.53 Å². The standard InChI is InChI=1S/C12H16N4O2/c1-16-9-4-3-8(18-2)5-7(9)6-10(16)11(17)15-12(13)14/h3-5,10H,6H2,1-2H3,(H4,13,14,15,17). The van der Waals surface area contributed by atoms with Crippen LogP contribution >= 0.6 is 0 Å². The van der Waals surface area contributed by atoms with Gasteiger partial charge >= 0.3 is 0 Å². The summed E-state index contributed by atoms with van der Waals surface area (Å²) in [5.41, 5.74) is 12.5. The number of anilines is 1. The van der Waals surface area contributed by atoms with Gasteiger partial charge in [0.15, 0.2) is 5.96 Å². The number of rotatable bonds is 2. The smallest absolute Gasteiger partial charge is 0.271 e. The van der Waals surface area contributed by atoms with Crippen molar-refractivity contribution in [1.29, 1.82) is 0 Å². The molecule has 0 aromatic heterocycles. The number of amides is 1. The number of guanidine groups is 1. The monoisotopic (exact) mass is 248 g/mol. The van der Waals surface area contributed by atoms with Gasteiger partial charge in [0.05, 0.1) is 7.11 Å². The zero-order chi connectivity index (χ0) is 13.3. The van der Waals surface area contributed by atoms with E-state index >= 15 is 0 Å². The summed E-state index contributed by atoms with van der Waals surface area (Å²) >= 11 is 0. The van der Waals surface area contributed by atoms with Crippen molar-refractivity contribution in [2.45, 2.75) is 12.5 Å². The predicted molar refractivity (Wildman–Crippen MR) is 69.7 cm³/mol. The molecule has 0 fully saturated rings. The van der Waals surface area contributed by atoms with E-state index < -0.39 is 0 Å². The molecular weight excluding hydrogens is 232 g/mol. The van der Waals surface area contributed by atoms with Crippen LogP contribution in [0.15, 0.2) is 23.2 Å². The van der Waals surface area contributed by atoms with E-state index in [1.165, 1.54) is 0 Å². The lowest BCUT2D eigenvalue weighted by Crippen LogP contribution is -2.37. The van der Waals surface area contributed by atoms with Gasteiger partial charge < -0.3 is 21.1 Å². The molecule has 1 amide bonds. The van der Waals surface area contributed by atoms with Gasteiger partial charge in [-0.2, -0.15) is 4.99 Å². The Morgan fingerprint density at radius 2 is 2.22 bits per heavy atom. The Hall–Kier alpha value is -2.24. The molecule has 0 saturated heterocycles. The summed E-state index contributed by atoms with van der Waals surface area (Å²) in [6.07, 6.45) is 0.582. The van der Waals surface area contributed by atoms with Crippen molar-refractivity contribution in [1.82, 2.24) is 0 Å². The van der Waals surface area contributed by atoms with E-state index in [2.05, 4.69) is 4.99 Å². The molecule has 0 bridgehead atoms. The second kappa shape index (κ2) is 4.56. The molecule has 1 aliphatic heterocycles. The van der Waals surface area contributed by atoms with Gasteiger partial charge in [0.1, 0.15) is 11.8 Å². The molecule has 0 radical (unpaired) electrons. The Labute approximate surface area is 105 Å². The zero-order valence-corrected chi connectivity index (χ0v) is 10.4. The van der Waals surface area contributed by atoms with Gasteiger partial charge in [-0.3, -0.25) is 4.79 Å². The Bertz CT molecular complexity index is 509. The zero-order valence-electron chi connectivity index (χ0n) is 10.4. The van der Waals surface area contributed by atoms with Crippen molar-refractivity contribution in [3.63, 3.8) is 0 Å². The lowest BCUT2D eigenvalue weighted by molar-refractivity contribution is -0.118. The average Bonchev–Trinajstić information content (AvgIpc) is 2.65. The molecule has 0 spiro atoms. The van der Waals surface area contributed by atoms with Gasteiger partial charge in [0.25, 0.3) is 5.91 Å². The van der Waals surface area contributed by atoms with Crippen LogP contribution in [-0.2, 0) is 11.2 Å². The van der Waals surface area contributed by atoms with Crippen LogP contribution in [0.25, 0.3) is 0 Å². The van der Waals surface area contributed by atoms with Crippen molar-refractivity contribution in [3.05, 3.63) is 23.8 Å². The first-order valence-electron chi connectivity index (χ1n) is 5.56. The minimum Gasteiger partial charge on any atom is -0.497 e. The molecule has 6 heteroatoms. The maximum absolute atomic E-state index is 11.9. The van der Waals surface area contributed by atoms with E-state index in [4.69, 9.17) is 16.2 Å². The van der Waals surface area contributed by atoms with Crippen LogP contribution in [0.4, 0.5) is 5.69 Å². The molecule has 1 heterocycles. The van der Waals surface area contributed by atoms with Crippen LogP contribution in [0.1, 0.15) is 5.56 Å². The fourth-order valence-electron chi connectivity index (χ4n) is 2.16. The number of carbonyl (C=O) groups excluding carboxylic acids is 1. The van der Waals surface area contributed by atoms with E-state index in [1.807, 2.05) is 30.1 Å². The number of likely N-dealkylation sites (N-methyl/N-ethyl adjacent to an activating group) is 1. The molecule has 0 aliphatic carbocycles. The number of benzene rings is 1. The van der Waals surface area contributed by atoms with Crippen molar-refractivity contribution in [2.75, 3.05) is 19.1 Å². The highest BCUT2D eigenvalue weighted by atomic mass is 16.5. The fourth-order valence-corrected chi connectivity index (χ4v) is 2.16. The quantitative estimate of drug-likeness (QED) is 0.561. The second-order valence-corrected chi connectivity index (χ2v) is 4.20. The predicted octanol–water partition coefficient (Wildman–Crippen LogP) is -0.144. The van der Waals surface area contributed by atoms with Gasteiger partial charge in [-0.15, -0.1) is 0 Å². The first-order valence-corrected chi connectivity index (χ1v) is 5.56. The van der Waals surface area contributed by atoms with E-state index in [9.17, 15) is 4.79 Å². The topological polar surface area (TPSA) is 93.9 Å². The number of hydrogen-bond donors (Lipinski definition) is 2. The van der Waals surface area contributed by atoms with Crippen LogP contribution in [0.2, 0.25) is 0 Å². The Morgan fingerprint density at radius 1 is 1.50 bits per heavy atom. The molecule has 1 unspecified atom stereocenters. The van der Waals surface area contributed by atoms with Gasteiger partial charge in [-0.05, 0) is 23.8 Å². The van der Waals surface area contributed by atoms with Crippen molar-refractivity contribution in [2.24, 2.45) is 16.5 Å². The van der Waals surface area contributed by atoms with E-state index in [0.717, 1.165) is 17.0 Å². The highest BCUT2D eigenvalue weighted by Gasteiger charge is 2.32. The fraction of sp³-hybridized carbons (Fsp3) is 0.333. The largest absolute Gasteiger partial charge is 0.497 e. The molecule has 1 aliphatic rings. The molecule has 4 N–H and O–H groups in total. The highest BCUT2D eigenvalue weighted by molar-refractivity contribution is 5.97. The number of nitrogens with zero attached hydrogens (tertiary/aromatic N) is 2. The first kappa shape index (κ1) is 12.2. The van der Waals surface area contributed by atoms with Crippen LogP contribution in [0.5, 0.6) is 5.75 Å². The summed E-state index contributed by atoms with van der Waals surface area (Å²) < 4.78 is 5.16. The molecule has 1 aromatic carbocycles. The number of aliphatic imine (C=N–C) groups is 1. The average molecular weight is 248 g/mol. The minimum atomic E-state index is -0.353. The lowest BCUT2D eigenvalue weighted by Gasteiger charge is -2.19. The Morgan fingerprint density at radius 3 is 2.83 bits per heavy atom. The second-order valence-electron chi connectivity index (χ2n) is 4.20. The highest BCUT2D eigenvalue weighted by Crippen LogP contribution is 2.33. The molecule has 18 heavy (non-hydrogen) atoms. The van der Waals surface area contributed by atoms with Crippen LogP contribution < -0.4 is 21.1 Å². The van der Waals surface area contributed by atoms with Crippen LogP contribution in [-0.4, -0.2) is 32.1 Å². The van der Waals surface area contributed by atoms with Gasteiger partial charge in [0, 0.05) is 19.2 Å². The number of carbonyl (C=O) groups is 1. The number of fused-ring (bicyclic) bond motifs is 1. The third-order valence-electron chi connectivity index (χ3n) is 3.07. The number of methoxy groups -OCH3 is 1.